The number of benzene rings is 4. The van der Waals surface area contributed by atoms with Crippen LogP contribution in [0, 0.1) is 0 Å². The largest absolute Gasteiger partial charge is 0.494 e. The molecule has 1 aliphatic heterocycles. The Labute approximate surface area is 192 Å². The molecule has 0 aliphatic carbocycles. The lowest BCUT2D eigenvalue weighted by Gasteiger charge is -2.32. The van der Waals surface area contributed by atoms with Crippen LogP contribution in [0.2, 0.25) is 0 Å². The minimum Gasteiger partial charge on any atom is -0.399 e. The lowest BCUT2D eigenvalue weighted by atomic mass is 9.78. The van der Waals surface area contributed by atoms with E-state index in [1.807, 2.05) is 0 Å². The summed E-state index contributed by atoms with van der Waals surface area (Å²) in [5.74, 6) is 0. The molecule has 4 aromatic carbocycles. The number of hydrogen-bond acceptors (Lipinski definition) is 2. The third-order valence-electron chi connectivity index (χ3n) is 6.66. The smallest absolute Gasteiger partial charge is 0.399 e. The number of rotatable bonds is 4. The molecular formula is C28H28BO2P. The van der Waals surface area contributed by atoms with Gasteiger partial charge in [-0.1, -0.05) is 91.0 Å². The van der Waals surface area contributed by atoms with E-state index in [0.717, 1.165) is 5.46 Å². The lowest BCUT2D eigenvalue weighted by Crippen LogP contribution is -2.41. The van der Waals surface area contributed by atoms with Gasteiger partial charge in [0.05, 0.1) is 11.2 Å². The molecule has 1 fully saturated rings. The van der Waals surface area contributed by atoms with Gasteiger partial charge in [-0.05, 0) is 73.8 Å². The minimum absolute atomic E-state index is 0.336. The van der Waals surface area contributed by atoms with Crippen LogP contribution in [0.25, 0.3) is 10.8 Å². The molecule has 32 heavy (non-hydrogen) atoms. The highest BCUT2D eigenvalue weighted by Crippen LogP contribution is 2.37. The fraction of sp³-hybridized carbons (Fsp3) is 0.214. The Hall–Kier alpha value is -2.45. The van der Waals surface area contributed by atoms with Gasteiger partial charge in [-0.3, -0.25) is 0 Å². The molecule has 0 atom stereocenters. The predicted molar refractivity (Wildman–Crippen MR) is 138 cm³/mol. The highest BCUT2D eigenvalue weighted by atomic mass is 31.1. The zero-order chi connectivity index (χ0) is 22.3. The van der Waals surface area contributed by atoms with Gasteiger partial charge in [0.1, 0.15) is 0 Å². The zero-order valence-electron chi connectivity index (χ0n) is 19.1. The maximum atomic E-state index is 6.26. The van der Waals surface area contributed by atoms with Gasteiger partial charge in [0.15, 0.2) is 0 Å². The Morgan fingerprint density at radius 3 is 1.62 bits per heavy atom. The average molecular weight is 438 g/mol. The molecule has 0 saturated carbocycles. The second-order valence-corrected chi connectivity index (χ2v) is 11.6. The first-order valence-corrected chi connectivity index (χ1v) is 12.5. The summed E-state index contributed by atoms with van der Waals surface area (Å²) >= 11 is 0. The van der Waals surface area contributed by atoms with Crippen LogP contribution in [0.3, 0.4) is 0 Å². The third kappa shape index (κ3) is 3.90. The van der Waals surface area contributed by atoms with Crippen LogP contribution in [-0.2, 0) is 9.31 Å². The van der Waals surface area contributed by atoms with Gasteiger partial charge in [0, 0.05) is 0 Å². The van der Waals surface area contributed by atoms with Crippen molar-refractivity contribution in [3.63, 3.8) is 0 Å². The number of fused-ring (bicyclic) bond motifs is 1. The summed E-state index contributed by atoms with van der Waals surface area (Å²) in [4.78, 5) is 0. The number of hydrogen-bond donors (Lipinski definition) is 0. The summed E-state index contributed by atoms with van der Waals surface area (Å²) in [6, 6.07) is 35.0. The van der Waals surface area contributed by atoms with E-state index < -0.39 is 7.92 Å². The van der Waals surface area contributed by atoms with E-state index in [-0.39, 0.29) is 18.3 Å². The molecule has 0 spiro atoms. The second-order valence-electron chi connectivity index (χ2n) is 9.39. The summed E-state index contributed by atoms with van der Waals surface area (Å²) in [7, 11) is -0.949. The van der Waals surface area contributed by atoms with E-state index in [9.17, 15) is 0 Å². The fourth-order valence-electron chi connectivity index (χ4n) is 4.12. The van der Waals surface area contributed by atoms with Crippen LogP contribution in [-0.4, -0.2) is 18.3 Å². The molecule has 4 heteroatoms. The first-order valence-electron chi connectivity index (χ1n) is 11.1. The Morgan fingerprint density at radius 2 is 1.06 bits per heavy atom. The average Bonchev–Trinajstić information content (AvgIpc) is 3.02. The normalized spacial score (nSPS) is 17.2. The van der Waals surface area contributed by atoms with Crippen LogP contribution >= 0.6 is 7.92 Å². The summed E-state index contributed by atoms with van der Waals surface area (Å²) in [5.41, 5.74) is 0.396. The monoisotopic (exact) mass is 438 g/mol. The fourth-order valence-corrected chi connectivity index (χ4v) is 6.44. The molecule has 0 aromatic heterocycles. The summed E-state index contributed by atoms with van der Waals surface area (Å²) in [6.07, 6.45) is 0. The maximum Gasteiger partial charge on any atom is 0.494 e. The standard InChI is InChI=1S/C28H28BO2P/c1-27(2)28(3,4)31-29(30-27)23-17-15-22-20-26(18-16-21(22)19-23)32(24-11-7-5-8-12-24)25-13-9-6-10-14-25/h5-20H,1-4H3. The van der Waals surface area contributed by atoms with E-state index in [4.69, 9.17) is 9.31 Å². The summed E-state index contributed by atoms with van der Waals surface area (Å²) in [6.45, 7) is 8.37. The summed E-state index contributed by atoms with van der Waals surface area (Å²) < 4.78 is 12.5. The molecule has 0 unspecified atom stereocenters. The van der Waals surface area contributed by atoms with Gasteiger partial charge in [0.25, 0.3) is 0 Å². The zero-order valence-corrected chi connectivity index (χ0v) is 20.0. The highest BCUT2D eigenvalue weighted by molar-refractivity contribution is 7.79. The molecule has 0 bridgehead atoms. The first-order chi connectivity index (χ1) is 15.3. The molecule has 2 nitrogen and oxygen atoms in total. The molecule has 1 heterocycles. The summed E-state index contributed by atoms with van der Waals surface area (Å²) in [5, 5.41) is 6.52. The Bertz CT molecular complexity index is 1180. The van der Waals surface area contributed by atoms with Gasteiger partial charge in [-0.15, -0.1) is 0 Å². The van der Waals surface area contributed by atoms with Crippen molar-refractivity contribution in [3.8, 4) is 0 Å². The van der Waals surface area contributed by atoms with Crippen LogP contribution in [0.5, 0.6) is 0 Å². The van der Waals surface area contributed by atoms with Crippen molar-refractivity contribution in [3.05, 3.63) is 97.1 Å². The quantitative estimate of drug-likeness (QED) is 0.334. The van der Waals surface area contributed by atoms with Crippen molar-refractivity contribution in [2.24, 2.45) is 0 Å². The maximum absolute atomic E-state index is 6.26. The molecule has 0 amide bonds. The molecule has 0 radical (unpaired) electrons. The highest BCUT2D eigenvalue weighted by Gasteiger charge is 2.51. The predicted octanol–water partition coefficient (Wildman–Crippen LogP) is 4.90. The minimum atomic E-state index is -0.610. The van der Waals surface area contributed by atoms with Crippen molar-refractivity contribution >= 4 is 47.2 Å². The van der Waals surface area contributed by atoms with E-state index in [1.165, 1.54) is 26.7 Å². The van der Waals surface area contributed by atoms with Crippen LogP contribution in [0.1, 0.15) is 27.7 Å². The lowest BCUT2D eigenvalue weighted by molar-refractivity contribution is 0.00578. The van der Waals surface area contributed by atoms with Crippen molar-refractivity contribution in [2.45, 2.75) is 38.9 Å². The molecule has 4 aromatic rings. The van der Waals surface area contributed by atoms with E-state index in [0.29, 0.717) is 0 Å². The molecule has 0 N–H and O–H groups in total. The SMILES string of the molecule is CC1(C)OB(c2ccc3cc(P(c4ccccc4)c4ccccc4)ccc3c2)OC1(C)C. The topological polar surface area (TPSA) is 18.5 Å². The molecule has 1 saturated heterocycles. The van der Waals surface area contributed by atoms with Gasteiger partial charge in [-0.25, -0.2) is 0 Å². The van der Waals surface area contributed by atoms with E-state index in [2.05, 4.69) is 125 Å². The van der Waals surface area contributed by atoms with Crippen LogP contribution < -0.4 is 21.4 Å². The van der Waals surface area contributed by atoms with Gasteiger partial charge in [-0.2, -0.15) is 0 Å². The van der Waals surface area contributed by atoms with Gasteiger partial charge in [0.2, 0.25) is 0 Å². The Kier molecular flexibility index (Phi) is 5.46. The molecule has 1 aliphatic rings. The van der Waals surface area contributed by atoms with Gasteiger partial charge >= 0.3 is 7.12 Å². The van der Waals surface area contributed by atoms with Crippen molar-refractivity contribution in [1.82, 2.24) is 0 Å². The van der Waals surface area contributed by atoms with Crippen molar-refractivity contribution < 1.29 is 9.31 Å². The van der Waals surface area contributed by atoms with Crippen LogP contribution in [0.15, 0.2) is 97.1 Å². The molecular weight excluding hydrogens is 410 g/mol. The first kappa shape index (κ1) is 21.4. The van der Waals surface area contributed by atoms with Crippen LogP contribution in [0.4, 0.5) is 0 Å². The van der Waals surface area contributed by atoms with Crippen molar-refractivity contribution in [2.75, 3.05) is 0 Å². The van der Waals surface area contributed by atoms with E-state index in [1.54, 1.807) is 0 Å². The Morgan fingerprint density at radius 1 is 0.562 bits per heavy atom. The second kappa shape index (κ2) is 8.16. The van der Waals surface area contributed by atoms with E-state index >= 15 is 0 Å². The van der Waals surface area contributed by atoms with Crippen molar-refractivity contribution in [1.29, 1.82) is 0 Å². The molecule has 5 rings (SSSR count). The Balaban J connectivity index is 1.53. The molecule has 160 valence electrons. The third-order valence-corrected chi connectivity index (χ3v) is 9.08. The van der Waals surface area contributed by atoms with Gasteiger partial charge < -0.3 is 9.31 Å².